The Bertz CT molecular complexity index is 876. The minimum atomic E-state index is -0.148. The number of nitrogens with one attached hydrogen (secondary N) is 2. The third kappa shape index (κ3) is 5.28. The number of hydrogen-bond acceptors (Lipinski definition) is 5. The summed E-state index contributed by atoms with van der Waals surface area (Å²) in [6.07, 6.45) is 1.26. The molecule has 27 heavy (non-hydrogen) atoms. The van der Waals surface area contributed by atoms with Gasteiger partial charge in [0, 0.05) is 5.69 Å². The minimum absolute atomic E-state index is 0.148. The number of carbonyl (C=O) groups is 1. The average Bonchev–Trinajstić information content (AvgIpc) is 2.70. The maximum absolute atomic E-state index is 12.1. The van der Waals surface area contributed by atoms with Crippen LogP contribution >= 0.6 is 0 Å². The smallest absolute Gasteiger partial charge is 0.229 e. The van der Waals surface area contributed by atoms with Crippen molar-refractivity contribution in [1.82, 2.24) is 10.2 Å². The summed E-state index contributed by atoms with van der Waals surface area (Å²) in [7, 11) is 1.61. The highest BCUT2D eigenvalue weighted by atomic mass is 16.5. The Hall–Kier alpha value is -3.41. The number of rotatable bonds is 7. The predicted octanol–water partition coefficient (Wildman–Crippen LogP) is 3.97. The molecule has 2 N–H and O–H groups in total. The van der Waals surface area contributed by atoms with Gasteiger partial charge in [0.15, 0.2) is 11.6 Å². The van der Waals surface area contributed by atoms with Crippen molar-refractivity contribution < 1.29 is 9.53 Å². The summed E-state index contributed by atoms with van der Waals surface area (Å²) in [5.41, 5.74) is 3.12. The maximum atomic E-state index is 12.1. The lowest BCUT2D eigenvalue weighted by Crippen LogP contribution is -2.15. The zero-order valence-corrected chi connectivity index (χ0v) is 15.4. The summed E-state index contributed by atoms with van der Waals surface area (Å²) < 4.78 is 5.11. The van der Waals surface area contributed by atoms with E-state index in [1.54, 1.807) is 19.2 Å². The standard InChI is InChI=1S/C21H22N4O2/c1-3-15-4-8-17(9-5-15)22-19-12-13-20(25-24-19)23-21(26)14-16-6-10-18(27-2)11-7-16/h4-13H,3,14H2,1-2H3,(H,22,24)(H,23,25,26). The number of hydrogen-bond donors (Lipinski definition) is 2. The Morgan fingerprint density at radius 1 is 0.889 bits per heavy atom. The van der Waals surface area contributed by atoms with Gasteiger partial charge in [-0.05, 0) is 53.9 Å². The van der Waals surface area contributed by atoms with Crippen molar-refractivity contribution in [3.63, 3.8) is 0 Å². The van der Waals surface area contributed by atoms with Gasteiger partial charge in [0.05, 0.1) is 13.5 Å². The highest BCUT2D eigenvalue weighted by Gasteiger charge is 2.06. The Labute approximate surface area is 158 Å². The van der Waals surface area contributed by atoms with E-state index >= 15 is 0 Å². The van der Waals surface area contributed by atoms with E-state index < -0.39 is 0 Å². The molecule has 6 heteroatoms. The van der Waals surface area contributed by atoms with E-state index in [1.165, 1.54) is 5.56 Å². The molecule has 3 rings (SSSR count). The van der Waals surface area contributed by atoms with Crippen LogP contribution in [0.3, 0.4) is 0 Å². The number of ether oxygens (including phenoxy) is 1. The maximum Gasteiger partial charge on any atom is 0.229 e. The van der Waals surface area contributed by atoms with E-state index in [1.807, 2.05) is 36.4 Å². The van der Waals surface area contributed by atoms with Gasteiger partial charge >= 0.3 is 0 Å². The van der Waals surface area contributed by atoms with E-state index in [9.17, 15) is 4.79 Å². The van der Waals surface area contributed by atoms with Crippen LogP contribution in [-0.4, -0.2) is 23.2 Å². The van der Waals surface area contributed by atoms with Gasteiger partial charge in [0.2, 0.25) is 5.91 Å². The molecule has 0 saturated heterocycles. The SMILES string of the molecule is CCc1ccc(Nc2ccc(NC(=O)Cc3ccc(OC)cc3)nn2)cc1. The second-order valence-corrected chi connectivity index (χ2v) is 6.05. The third-order valence-electron chi connectivity index (χ3n) is 4.09. The number of aromatic nitrogens is 2. The van der Waals surface area contributed by atoms with Gasteiger partial charge in [-0.1, -0.05) is 31.2 Å². The topological polar surface area (TPSA) is 76.1 Å². The van der Waals surface area contributed by atoms with Crippen LogP contribution in [0.2, 0.25) is 0 Å². The van der Waals surface area contributed by atoms with Gasteiger partial charge in [-0.15, -0.1) is 10.2 Å². The predicted molar refractivity (Wildman–Crippen MR) is 106 cm³/mol. The fourth-order valence-corrected chi connectivity index (χ4v) is 2.55. The molecule has 1 aromatic heterocycles. The fraction of sp³-hybridized carbons (Fsp3) is 0.190. The quantitative estimate of drug-likeness (QED) is 0.665. The number of anilines is 3. The van der Waals surface area contributed by atoms with Crippen LogP contribution in [0.1, 0.15) is 18.1 Å². The monoisotopic (exact) mass is 362 g/mol. The number of methoxy groups -OCH3 is 1. The molecular weight excluding hydrogens is 340 g/mol. The molecule has 0 unspecified atom stereocenters. The zero-order chi connectivity index (χ0) is 19.1. The van der Waals surface area contributed by atoms with Crippen LogP contribution in [-0.2, 0) is 17.6 Å². The van der Waals surface area contributed by atoms with E-state index in [-0.39, 0.29) is 12.3 Å². The van der Waals surface area contributed by atoms with Crippen LogP contribution in [0.25, 0.3) is 0 Å². The van der Waals surface area contributed by atoms with Crippen molar-refractivity contribution >= 4 is 23.2 Å². The van der Waals surface area contributed by atoms with Crippen molar-refractivity contribution in [3.05, 3.63) is 71.8 Å². The molecule has 0 bridgehead atoms. The van der Waals surface area contributed by atoms with E-state index in [4.69, 9.17) is 4.74 Å². The molecule has 0 spiro atoms. The molecule has 0 saturated carbocycles. The molecule has 0 radical (unpaired) electrons. The van der Waals surface area contributed by atoms with Crippen molar-refractivity contribution in [2.45, 2.75) is 19.8 Å². The zero-order valence-electron chi connectivity index (χ0n) is 15.4. The molecule has 0 aliphatic rings. The number of aryl methyl sites for hydroxylation is 1. The molecule has 1 amide bonds. The van der Waals surface area contributed by atoms with E-state index in [0.29, 0.717) is 11.6 Å². The summed E-state index contributed by atoms with van der Waals surface area (Å²) in [5.74, 6) is 1.65. The van der Waals surface area contributed by atoms with Crippen LogP contribution in [0, 0.1) is 0 Å². The highest BCUT2D eigenvalue weighted by Crippen LogP contribution is 2.16. The van der Waals surface area contributed by atoms with Gasteiger partial charge in [-0.2, -0.15) is 0 Å². The second-order valence-electron chi connectivity index (χ2n) is 6.05. The minimum Gasteiger partial charge on any atom is -0.497 e. The number of carbonyl (C=O) groups excluding carboxylic acids is 1. The fourth-order valence-electron chi connectivity index (χ4n) is 2.55. The molecule has 2 aromatic carbocycles. The summed E-state index contributed by atoms with van der Waals surface area (Å²) in [5, 5.41) is 14.1. The van der Waals surface area contributed by atoms with Gasteiger partial charge in [0.1, 0.15) is 5.75 Å². The lowest BCUT2D eigenvalue weighted by atomic mass is 10.1. The lowest BCUT2D eigenvalue weighted by molar-refractivity contribution is -0.115. The van der Waals surface area contributed by atoms with E-state index in [2.05, 4.69) is 39.9 Å². The third-order valence-corrected chi connectivity index (χ3v) is 4.09. The second kappa shape index (κ2) is 8.80. The van der Waals surface area contributed by atoms with E-state index in [0.717, 1.165) is 23.4 Å². The largest absolute Gasteiger partial charge is 0.497 e. The molecule has 0 atom stereocenters. The number of nitrogens with zero attached hydrogens (tertiary/aromatic N) is 2. The van der Waals surface area contributed by atoms with Crippen molar-refractivity contribution in [3.8, 4) is 5.75 Å². The summed E-state index contributed by atoms with van der Waals surface area (Å²) in [6.45, 7) is 2.12. The van der Waals surface area contributed by atoms with Crippen LogP contribution in [0.5, 0.6) is 5.75 Å². The summed E-state index contributed by atoms with van der Waals surface area (Å²) in [6, 6.07) is 19.0. The highest BCUT2D eigenvalue weighted by molar-refractivity contribution is 5.91. The Morgan fingerprint density at radius 3 is 2.11 bits per heavy atom. The summed E-state index contributed by atoms with van der Waals surface area (Å²) in [4.78, 5) is 12.1. The lowest BCUT2D eigenvalue weighted by Gasteiger charge is -2.08. The first kappa shape index (κ1) is 18.4. The number of amides is 1. The van der Waals surface area contributed by atoms with Gasteiger partial charge in [0.25, 0.3) is 0 Å². The molecule has 0 aliphatic heterocycles. The molecule has 138 valence electrons. The van der Waals surface area contributed by atoms with Gasteiger partial charge in [-0.3, -0.25) is 4.79 Å². The number of benzene rings is 2. The molecule has 1 heterocycles. The molecular formula is C21H22N4O2. The Balaban J connectivity index is 1.55. The Kier molecular flexibility index (Phi) is 5.99. The molecule has 0 fully saturated rings. The van der Waals surface area contributed by atoms with Gasteiger partial charge in [-0.25, -0.2) is 0 Å². The molecule has 6 nitrogen and oxygen atoms in total. The van der Waals surface area contributed by atoms with Gasteiger partial charge < -0.3 is 15.4 Å². The molecule has 0 aliphatic carbocycles. The van der Waals surface area contributed by atoms with Crippen LogP contribution in [0.4, 0.5) is 17.3 Å². The van der Waals surface area contributed by atoms with Crippen LogP contribution < -0.4 is 15.4 Å². The first-order chi connectivity index (χ1) is 13.2. The average molecular weight is 362 g/mol. The van der Waals surface area contributed by atoms with Crippen LogP contribution in [0.15, 0.2) is 60.7 Å². The first-order valence-electron chi connectivity index (χ1n) is 8.78. The van der Waals surface area contributed by atoms with Crippen molar-refractivity contribution in [1.29, 1.82) is 0 Å². The molecule has 3 aromatic rings. The normalized spacial score (nSPS) is 10.3. The Morgan fingerprint density at radius 2 is 1.52 bits per heavy atom. The van der Waals surface area contributed by atoms with Crippen molar-refractivity contribution in [2.24, 2.45) is 0 Å². The van der Waals surface area contributed by atoms with Crippen molar-refractivity contribution in [2.75, 3.05) is 17.7 Å². The first-order valence-corrected chi connectivity index (χ1v) is 8.78. The summed E-state index contributed by atoms with van der Waals surface area (Å²) >= 11 is 0.